The van der Waals surface area contributed by atoms with Gasteiger partial charge in [0.25, 0.3) is 5.91 Å². The van der Waals surface area contributed by atoms with E-state index in [1.54, 1.807) is 18.2 Å². The standard InChI is InChI=1S/C18H27ClN2O2/c1-3-23-17-8-7-15(12-16(17)19)18(22)20-9-5-11-21-10-4-6-14(2)13-21/h7-8,12,14H,3-6,9-11,13H2,1-2H3,(H,20,22)/t14-/m1/s1. The van der Waals surface area contributed by atoms with Crippen LogP contribution in [0.3, 0.4) is 0 Å². The molecular weight excluding hydrogens is 312 g/mol. The van der Waals surface area contributed by atoms with Crippen LogP contribution in [0.25, 0.3) is 0 Å². The second-order valence-corrected chi connectivity index (χ2v) is 6.64. The van der Waals surface area contributed by atoms with Crippen LogP contribution in [0.2, 0.25) is 5.02 Å². The highest BCUT2D eigenvalue weighted by Gasteiger charge is 2.15. The van der Waals surface area contributed by atoms with Crippen LogP contribution >= 0.6 is 11.6 Å². The van der Waals surface area contributed by atoms with Crippen LogP contribution in [-0.2, 0) is 0 Å². The molecular formula is C18H27ClN2O2. The fraction of sp³-hybridized carbons (Fsp3) is 0.611. The first-order valence-electron chi connectivity index (χ1n) is 8.53. The SMILES string of the molecule is CCOc1ccc(C(=O)NCCCN2CCC[C@@H](C)C2)cc1Cl. The summed E-state index contributed by atoms with van der Waals surface area (Å²) in [5.41, 5.74) is 0.574. The van der Waals surface area contributed by atoms with Gasteiger partial charge < -0.3 is 15.0 Å². The van der Waals surface area contributed by atoms with Crippen molar-refractivity contribution in [2.75, 3.05) is 32.8 Å². The maximum atomic E-state index is 12.1. The normalized spacial score (nSPS) is 18.7. The van der Waals surface area contributed by atoms with E-state index < -0.39 is 0 Å². The monoisotopic (exact) mass is 338 g/mol. The molecule has 1 atom stereocenters. The molecule has 1 amide bonds. The summed E-state index contributed by atoms with van der Waals surface area (Å²) < 4.78 is 5.38. The molecule has 1 fully saturated rings. The summed E-state index contributed by atoms with van der Waals surface area (Å²) in [6.07, 6.45) is 3.60. The Hall–Kier alpha value is -1.26. The molecule has 2 rings (SSSR count). The van der Waals surface area contributed by atoms with E-state index in [2.05, 4.69) is 17.1 Å². The van der Waals surface area contributed by atoms with Crippen molar-refractivity contribution in [3.8, 4) is 5.75 Å². The smallest absolute Gasteiger partial charge is 0.251 e. The predicted molar refractivity (Wildman–Crippen MR) is 94.4 cm³/mol. The molecule has 128 valence electrons. The molecule has 0 radical (unpaired) electrons. The number of carbonyl (C=O) groups is 1. The average Bonchev–Trinajstić information content (AvgIpc) is 2.53. The van der Waals surface area contributed by atoms with Gasteiger partial charge in [-0.3, -0.25) is 4.79 Å². The molecule has 0 unspecified atom stereocenters. The molecule has 0 saturated carbocycles. The molecule has 1 aromatic rings. The zero-order chi connectivity index (χ0) is 16.7. The molecule has 1 aliphatic heterocycles. The quantitative estimate of drug-likeness (QED) is 0.772. The molecule has 1 heterocycles. The number of ether oxygens (including phenoxy) is 1. The van der Waals surface area contributed by atoms with Crippen LogP contribution in [0, 0.1) is 5.92 Å². The van der Waals surface area contributed by atoms with Crippen molar-refractivity contribution in [3.05, 3.63) is 28.8 Å². The number of hydrogen-bond acceptors (Lipinski definition) is 3. The van der Waals surface area contributed by atoms with Crippen LogP contribution in [-0.4, -0.2) is 43.6 Å². The van der Waals surface area contributed by atoms with Crippen molar-refractivity contribution >= 4 is 17.5 Å². The third-order valence-corrected chi connectivity index (χ3v) is 4.47. The Balaban J connectivity index is 1.73. The molecule has 0 bridgehead atoms. The molecule has 5 heteroatoms. The van der Waals surface area contributed by atoms with E-state index >= 15 is 0 Å². The Morgan fingerprint density at radius 1 is 1.48 bits per heavy atom. The van der Waals surface area contributed by atoms with Crippen LogP contribution in [0.4, 0.5) is 0 Å². The van der Waals surface area contributed by atoms with E-state index in [0.717, 1.165) is 18.9 Å². The number of nitrogens with zero attached hydrogens (tertiary/aromatic N) is 1. The Morgan fingerprint density at radius 3 is 3.00 bits per heavy atom. The number of nitrogens with one attached hydrogen (secondary N) is 1. The molecule has 1 saturated heterocycles. The van der Waals surface area contributed by atoms with Gasteiger partial charge >= 0.3 is 0 Å². The maximum Gasteiger partial charge on any atom is 0.251 e. The molecule has 0 spiro atoms. The lowest BCUT2D eigenvalue weighted by Gasteiger charge is -2.30. The highest BCUT2D eigenvalue weighted by atomic mass is 35.5. The molecule has 1 aliphatic rings. The minimum atomic E-state index is -0.0815. The topological polar surface area (TPSA) is 41.6 Å². The van der Waals surface area contributed by atoms with E-state index in [1.807, 2.05) is 6.92 Å². The molecule has 23 heavy (non-hydrogen) atoms. The van der Waals surface area contributed by atoms with Gasteiger partial charge in [-0.1, -0.05) is 18.5 Å². The number of halogens is 1. The van der Waals surface area contributed by atoms with Crippen LogP contribution in [0.15, 0.2) is 18.2 Å². The van der Waals surface area contributed by atoms with Gasteiger partial charge in [0.05, 0.1) is 11.6 Å². The van der Waals surface area contributed by atoms with Crippen molar-refractivity contribution in [2.24, 2.45) is 5.92 Å². The third kappa shape index (κ3) is 5.70. The van der Waals surface area contributed by atoms with Gasteiger partial charge in [0.2, 0.25) is 0 Å². The second kappa shape index (κ2) is 9.14. The van der Waals surface area contributed by atoms with Crippen molar-refractivity contribution in [2.45, 2.75) is 33.1 Å². The number of rotatable bonds is 7. The molecule has 1 N–H and O–H groups in total. The minimum absolute atomic E-state index is 0.0815. The van der Waals surface area contributed by atoms with Gasteiger partial charge in [0, 0.05) is 18.7 Å². The van der Waals surface area contributed by atoms with E-state index in [0.29, 0.717) is 29.5 Å². The second-order valence-electron chi connectivity index (χ2n) is 6.24. The molecule has 1 aromatic carbocycles. The molecule has 0 aliphatic carbocycles. The number of hydrogen-bond donors (Lipinski definition) is 1. The van der Waals surface area contributed by atoms with Gasteiger partial charge in [-0.2, -0.15) is 0 Å². The summed E-state index contributed by atoms with van der Waals surface area (Å²) in [6, 6.07) is 5.16. The van der Waals surface area contributed by atoms with E-state index in [1.165, 1.54) is 25.9 Å². The van der Waals surface area contributed by atoms with Gasteiger partial charge in [0.1, 0.15) is 5.75 Å². The lowest BCUT2D eigenvalue weighted by molar-refractivity contribution is 0.0950. The fourth-order valence-corrected chi connectivity index (χ4v) is 3.25. The van der Waals surface area contributed by atoms with Crippen molar-refractivity contribution < 1.29 is 9.53 Å². The van der Waals surface area contributed by atoms with Gasteiger partial charge in [-0.05, 0) is 63.4 Å². The zero-order valence-electron chi connectivity index (χ0n) is 14.1. The zero-order valence-corrected chi connectivity index (χ0v) is 14.9. The summed E-state index contributed by atoms with van der Waals surface area (Å²) in [5, 5.41) is 3.44. The third-order valence-electron chi connectivity index (χ3n) is 4.17. The Bertz CT molecular complexity index is 522. The molecule has 0 aromatic heterocycles. The van der Waals surface area contributed by atoms with Crippen molar-refractivity contribution in [1.29, 1.82) is 0 Å². The van der Waals surface area contributed by atoms with Gasteiger partial charge in [-0.15, -0.1) is 0 Å². The Labute approximate surface area is 144 Å². The van der Waals surface area contributed by atoms with Crippen LogP contribution in [0.1, 0.15) is 43.5 Å². The summed E-state index contributed by atoms with van der Waals surface area (Å²) in [4.78, 5) is 14.6. The van der Waals surface area contributed by atoms with Gasteiger partial charge in [-0.25, -0.2) is 0 Å². The highest BCUT2D eigenvalue weighted by molar-refractivity contribution is 6.32. The highest BCUT2D eigenvalue weighted by Crippen LogP contribution is 2.25. The van der Waals surface area contributed by atoms with Crippen LogP contribution < -0.4 is 10.1 Å². The lowest BCUT2D eigenvalue weighted by Crippen LogP contribution is -2.36. The fourth-order valence-electron chi connectivity index (χ4n) is 3.01. The van der Waals surface area contributed by atoms with Crippen molar-refractivity contribution in [1.82, 2.24) is 10.2 Å². The maximum absolute atomic E-state index is 12.1. The first-order chi connectivity index (χ1) is 11.1. The number of likely N-dealkylation sites (tertiary alicyclic amines) is 1. The number of amides is 1. The Kier molecular flexibility index (Phi) is 7.18. The number of carbonyl (C=O) groups excluding carboxylic acids is 1. The first kappa shape index (κ1) is 18.1. The number of piperidine rings is 1. The minimum Gasteiger partial charge on any atom is -0.492 e. The average molecular weight is 339 g/mol. The first-order valence-corrected chi connectivity index (χ1v) is 8.91. The summed E-state index contributed by atoms with van der Waals surface area (Å²) in [6.45, 7) is 8.88. The summed E-state index contributed by atoms with van der Waals surface area (Å²) in [7, 11) is 0. The summed E-state index contributed by atoms with van der Waals surface area (Å²) >= 11 is 6.12. The number of benzene rings is 1. The van der Waals surface area contributed by atoms with Gasteiger partial charge in [0.15, 0.2) is 0 Å². The Morgan fingerprint density at radius 2 is 2.30 bits per heavy atom. The van der Waals surface area contributed by atoms with Crippen LogP contribution in [0.5, 0.6) is 5.75 Å². The predicted octanol–water partition coefficient (Wildman–Crippen LogP) is 3.59. The van der Waals surface area contributed by atoms with E-state index in [-0.39, 0.29) is 5.91 Å². The summed E-state index contributed by atoms with van der Waals surface area (Å²) in [5.74, 6) is 1.33. The molecule has 4 nitrogen and oxygen atoms in total. The van der Waals surface area contributed by atoms with Crippen molar-refractivity contribution in [3.63, 3.8) is 0 Å². The lowest BCUT2D eigenvalue weighted by atomic mass is 10.0. The van der Waals surface area contributed by atoms with E-state index in [4.69, 9.17) is 16.3 Å². The van der Waals surface area contributed by atoms with E-state index in [9.17, 15) is 4.79 Å². The largest absolute Gasteiger partial charge is 0.492 e.